The van der Waals surface area contributed by atoms with Crippen molar-refractivity contribution in [2.75, 3.05) is 13.6 Å². The molecule has 1 fully saturated rings. The summed E-state index contributed by atoms with van der Waals surface area (Å²) in [6, 6.07) is 16.8. The molecule has 3 rings (SSSR count). The van der Waals surface area contributed by atoms with E-state index in [2.05, 4.69) is 10.6 Å². The number of nitrogens with one attached hydrogen (secondary N) is 2. The first kappa shape index (κ1) is 24.1. The predicted octanol–water partition coefficient (Wildman–Crippen LogP) is 0.192. The molecule has 30 heavy (non-hydrogen) atoms. The van der Waals surface area contributed by atoms with Gasteiger partial charge in [0.05, 0.1) is 0 Å². The van der Waals surface area contributed by atoms with Crippen molar-refractivity contribution in [2.45, 2.75) is 31.0 Å². The summed E-state index contributed by atoms with van der Waals surface area (Å²) in [6.07, 6.45) is 1.05. The summed E-state index contributed by atoms with van der Waals surface area (Å²) in [5, 5.41) is 14.4. The van der Waals surface area contributed by atoms with Gasteiger partial charge in [-0.2, -0.15) is 0 Å². The molecule has 0 aromatic heterocycles. The Balaban J connectivity index is 0.00000320. The van der Waals surface area contributed by atoms with Crippen molar-refractivity contribution in [1.29, 1.82) is 0 Å². The Morgan fingerprint density at radius 3 is 2.10 bits per heavy atom. The van der Waals surface area contributed by atoms with Crippen LogP contribution < -0.4 is 10.6 Å². The van der Waals surface area contributed by atoms with E-state index < -0.39 is 30.0 Å². The Morgan fingerprint density at radius 2 is 1.57 bits per heavy atom. The molecule has 0 radical (unpaired) electrons. The number of rotatable bonds is 9. The van der Waals surface area contributed by atoms with E-state index in [9.17, 15) is 14.4 Å². The van der Waals surface area contributed by atoms with Gasteiger partial charge in [-0.3, -0.25) is 19.7 Å². The molecule has 1 aliphatic heterocycles. The summed E-state index contributed by atoms with van der Waals surface area (Å²) >= 11 is 0. The van der Waals surface area contributed by atoms with E-state index in [0.717, 1.165) is 11.1 Å². The van der Waals surface area contributed by atoms with Crippen molar-refractivity contribution < 1.29 is 19.5 Å². The normalized spacial score (nSPS) is 17.9. The van der Waals surface area contributed by atoms with E-state index in [1.165, 1.54) is 0 Å². The molecule has 2 aromatic rings. The Labute approximate surface area is 198 Å². The molecule has 2 aromatic carbocycles. The van der Waals surface area contributed by atoms with E-state index in [0.29, 0.717) is 19.4 Å². The molecule has 0 aliphatic carbocycles. The molecule has 0 spiro atoms. The van der Waals surface area contributed by atoms with Gasteiger partial charge in [0.25, 0.3) is 0 Å². The number of hydrogen-bond acceptors (Lipinski definition) is 4. The van der Waals surface area contributed by atoms with Crippen LogP contribution in [-0.4, -0.2) is 89.1 Å². The number of carbonyl (C=O) groups is 3. The van der Waals surface area contributed by atoms with E-state index >= 15 is 0 Å². The first-order chi connectivity index (χ1) is 14.0. The first-order valence-corrected chi connectivity index (χ1v) is 9.58. The molecule has 1 heterocycles. The zero-order chi connectivity index (χ0) is 20.8. The molecule has 3 N–H and O–H groups in total. The van der Waals surface area contributed by atoms with Gasteiger partial charge in [-0.15, -0.1) is 0 Å². The third-order valence-corrected chi connectivity index (χ3v) is 4.98. The van der Waals surface area contributed by atoms with Crippen LogP contribution >= 0.6 is 0 Å². The molecule has 1 saturated heterocycles. The fraction of sp³-hybridized carbons (Fsp3) is 0.318. The Kier molecular flexibility index (Phi) is 9.05. The minimum atomic E-state index is -1.07. The quantitative estimate of drug-likeness (QED) is 0.397. The monoisotopic (exact) mass is 419 g/mol. The van der Waals surface area contributed by atoms with Gasteiger partial charge in [0, 0.05) is 20.0 Å². The van der Waals surface area contributed by atoms with Crippen LogP contribution in [0.25, 0.3) is 0 Å². The van der Waals surface area contributed by atoms with Gasteiger partial charge in [0.2, 0.25) is 11.8 Å². The zero-order valence-electron chi connectivity index (χ0n) is 16.2. The van der Waals surface area contributed by atoms with E-state index in [4.69, 9.17) is 5.11 Å². The summed E-state index contributed by atoms with van der Waals surface area (Å²) in [5.41, 5.74) is 2.04. The van der Waals surface area contributed by atoms with Crippen LogP contribution in [0.1, 0.15) is 11.1 Å². The Morgan fingerprint density at radius 1 is 1.00 bits per heavy atom. The molecule has 1 aliphatic rings. The number of hydrogen-bond donors (Lipinski definition) is 3. The van der Waals surface area contributed by atoms with Crippen molar-refractivity contribution in [3.8, 4) is 0 Å². The van der Waals surface area contributed by atoms with E-state index in [1.807, 2.05) is 60.7 Å². The van der Waals surface area contributed by atoms with Gasteiger partial charge in [-0.05, 0) is 17.5 Å². The number of aliphatic carboxylic acids is 1. The zero-order valence-corrected chi connectivity index (χ0v) is 16.2. The average molecular weight is 419 g/mol. The average Bonchev–Trinajstić information content (AvgIpc) is 3.54. The predicted molar refractivity (Wildman–Crippen MR) is 115 cm³/mol. The van der Waals surface area contributed by atoms with Gasteiger partial charge in [0.1, 0.15) is 18.1 Å². The molecule has 8 heteroatoms. The van der Waals surface area contributed by atoms with Crippen molar-refractivity contribution in [2.24, 2.45) is 0 Å². The van der Waals surface area contributed by atoms with E-state index in [-0.39, 0.29) is 35.5 Å². The van der Waals surface area contributed by atoms with Crippen molar-refractivity contribution >= 4 is 47.3 Å². The molecule has 0 unspecified atom stereocenters. The summed E-state index contributed by atoms with van der Waals surface area (Å²) in [6.45, 7) is 0.517. The number of carboxylic acid groups (broad SMARTS) is 1. The minimum absolute atomic E-state index is 0. The number of nitrogens with zero attached hydrogens (tertiary/aromatic N) is 1. The summed E-state index contributed by atoms with van der Waals surface area (Å²) < 4.78 is 0. The van der Waals surface area contributed by atoms with Gasteiger partial charge in [-0.25, -0.2) is 0 Å². The van der Waals surface area contributed by atoms with Gasteiger partial charge in [0.15, 0.2) is 0 Å². The fourth-order valence-corrected chi connectivity index (χ4v) is 3.21. The standard InChI is InChI=1S/C22H25N3O4.Na.H/c1-25(13-12-15-8-4-2-5-9-15)21(27)17(14-16-10-6-3-7-11-16)23-20(26)18-19(24-18)22(28)29;;/h2-11,17-19,24H,12-14H2,1H3,(H,23,26)(H,28,29);;/t17-,18-,19-;;/m0../s1. The van der Waals surface area contributed by atoms with E-state index in [1.54, 1.807) is 11.9 Å². The molecule has 154 valence electrons. The fourth-order valence-electron chi connectivity index (χ4n) is 3.21. The van der Waals surface area contributed by atoms with Crippen LogP contribution in [0.2, 0.25) is 0 Å². The maximum absolute atomic E-state index is 13.0. The maximum atomic E-state index is 13.0. The molecular formula is C22H26N3NaO4. The number of amides is 2. The summed E-state index contributed by atoms with van der Waals surface area (Å²) in [7, 11) is 1.71. The third-order valence-electron chi connectivity index (χ3n) is 4.98. The first-order valence-electron chi connectivity index (χ1n) is 9.58. The van der Waals surface area contributed by atoms with Gasteiger partial charge in [-0.1, -0.05) is 60.7 Å². The third kappa shape index (κ3) is 6.67. The topological polar surface area (TPSA) is 109 Å². The molecule has 0 saturated carbocycles. The molecule has 0 bridgehead atoms. The second-order valence-electron chi connectivity index (χ2n) is 7.21. The van der Waals surface area contributed by atoms with Crippen molar-refractivity contribution in [3.05, 3.63) is 71.8 Å². The summed E-state index contributed by atoms with van der Waals surface area (Å²) in [5.74, 6) is -1.75. The number of carbonyl (C=O) groups excluding carboxylic acids is 2. The molecule has 3 atom stereocenters. The van der Waals surface area contributed by atoms with Crippen molar-refractivity contribution in [3.63, 3.8) is 0 Å². The Bertz CT molecular complexity index is 863. The summed E-state index contributed by atoms with van der Waals surface area (Å²) in [4.78, 5) is 38.1. The molecular weight excluding hydrogens is 393 g/mol. The van der Waals surface area contributed by atoms with Crippen LogP contribution in [0.15, 0.2) is 60.7 Å². The van der Waals surface area contributed by atoms with Gasteiger partial charge < -0.3 is 15.3 Å². The molecule has 2 amide bonds. The van der Waals surface area contributed by atoms with Crippen molar-refractivity contribution in [1.82, 2.24) is 15.5 Å². The Hall–Kier alpha value is -2.19. The van der Waals surface area contributed by atoms with Crippen LogP contribution in [0.3, 0.4) is 0 Å². The second-order valence-corrected chi connectivity index (χ2v) is 7.21. The van der Waals surface area contributed by atoms with Crippen LogP contribution in [0.4, 0.5) is 0 Å². The van der Waals surface area contributed by atoms with Crippen LogP contribution in [0.5, 0.6) is 0 Å². The number of carboxylic acids is 1. The van der Waals surface area contributed by atoms with Gasteiger partial charge >= 0.3 is 35.5 Å². The molecule has 7 nitrogen and oxygen atoms in total. The number of likely N-dealkylation sites (N-methyl/N-ethyl adjacent to an activating group) is 1. The SMILES string of the molecule is CN(CCc1ccccc1)C(=O)[C@H](Cc1ccccc1)NC(=O)[C@H]1N[C@@H]1C(=O)O.[NaH]. The van der Waals surface area contributed by atoms with Crippen LogP contribution in [0, 0.1) is 0 Å². The second kappa shape index (κ2) is 11.3. The van der Waals surface area contributed by atoms with Crippen LogP contribution in [-0.2, 0) is 27.2 Å². The number of benzene rings is 2.